The Balaban J connectivity index is 2.42. The largest absolute Gasteiger partial charge is 0.398 e. The molecule has 10 heteroatoms. The Kier molecular flexibility index (Phi) is 3.72. The van der Waals surface area contributed by atoms with Gasteiger partial charge in [-0.15, -0.1) is 0 Å². The molecule has 8 nitrogen and oxygen atoms in total. The van der Waals surface area contributed by atoms with Crippen LogP contribution in [0.15, 0.2) is 41.6 Å². The predicted octanol–water partition coefficient (Wildman–Crippen LogP) is 1.51. The zero-order valence-corrected chi connectivity index (χ0v) is 11.2. The van der Waals surface area contributed by atoms with Crippen molar-refractivity contribution in [2.45, 2.75) is 4.90 Å². The average molecular weight is 312 g/mol. The van der Waals surface area contributed by atoms with E-state index in [1.54, 1.807) is 0 Å². The van der Waals surface area contributed by atoms with E-state index >= 15 is 0 Å². The number of nitrogens with one attached hydrogen (secondary N) is 1. The molecule has 0 saturated carbocycles. The molecule has 0 aliphatic heterocycles. The summed E-state index contributed by atoms with van der Waals surface area (Å²) in [5.41, 5.74) is 4.61. The maximum Gasteiger partial charge on any atom is 0.274 e. The van der Waals surface area contributed by atoms with Crippen molar-refractivity contribution in [1.82, 2.24) is 4.98 Å². The number of nitro groups is 1. The fourth-order valence-corrected chi connectivity index (χ4v) is 2.68. The molecule has 0 atom stereocenters. The number of nitrogens with two attached hydrogens (primary N) is 1. The molecule has 1 aromatic carbocycles. The van der Waals surface area contributed by atoms with Crippen molar-refractivity contribution in [3.8, 4) is 0 Å². The first-order valence-electron chi connectivity index (χ1n) is 5.47. The number of pyridine rings is 1. The number of sulfonamides is 1. The lowest BCUT2D eigenvalue weighted by Gasteiger charge is -2.09. The lowest BCUT2D eigenvalue weighted by molar-refractivity contribution is -0.385. The highest BCUT2D eigenvalue weighted by Crippen LogP contribution is 2.24. The number of benzene rings is 1. The molecule has 0 saturated heterocycles. The standard InChI is InChI=1S/C11H9FN4O4S/c12-7-3-8(5-9(4-7)16(17)18)15-21(19,20)11-6-14-2-1-10(11)13/h1-6,15H,(H2,13,14). The topological polar surface area (TPSA) is 128 Å². The van der Waals surface area contributed by atoms with E-state index in [2.05, 4.69) is 4.98 Å². The summed E-state index contributed by atoms with van der Waals surface area (Å²) >= 11 is 0. The smallest absolute Gasteiger partial charge is 0.274 e. The van der Waals surface area contributed by atoms with Gasteiger partial charge in [0.05, 0.1) is 22.4 Å². The van der Waals surface area contributed by atoms with Gasteiger partial charge in [-0.2, -0.15) is 0 Å². The Morgan fingerprint density at radius 1 is 1.33 bits per heavy atom. The monoisotopic (exact) mass is 312 g/mol. The molecule has 0 aliphatic carbocycles. The van der Waals surface area contributed by atoms with Crippen LogP contribution in [0.3, 0.4) is 0 Å². The third-order valence-corrected chi connectivity index (χ3v) is 3.88. The Bertz CT molecular complexity index is 810. The molecular weight excluding hydrogens is 303 g/mol. The Hall–Kier alpha value is -2.75. The number of nitrogen functional groups attached to an aromatic ring is 1. The van der Waals surface area contributed by atoms with E-state index in [4.69, 9.17) is 5.73 Å². The first-order chi connectivity index (χ1) is 9.79. The predicted molar refractivity (Wildman–Crippen MR) is 72.5 cm³/mol. The number of aromatic nitrogens is 1. The highest BCUT2D eigenvalue weighted by molar-refractivity contribution is 7.92. The van der Waals surface area contributed by atoms with Crippen LogP contribution in [0.4, 0.5) is 21.5 Å². The molecule has 0 radical (unpaired) electrons. The summed E-state index contributed by atoms with van der Waals surface area (Å²) in [5.74, 6) is -0.943. The molecule has 110 valence electrons. The van der Waals surface area contributed by atoms with Crippen molar-refractivity contribution in [2.75, 3.05) is 10.5 Å². The first-order valence-corrected chi connectivity index (χ1v) is 6.95. The number of hydrogen-bond acceptors (Lipinski definition) is 6. The molecule has 1 heterocycles. The molecule has 0 fully saturated rings. The minimum absolute atomic E-state index is 0.0524. The van der Waals surface area contributed by atoms with Gasteiger partial charge in [-0.25, -0.2) is 12.8 Å². The second-order valence-electron chi connectivity index (χ2n) is 3.97. The number of anilines is 2. The van der Waals surface area contributed by atoms with Crippen LogP contribution in [0.2, 0.25) is 0 Å². The van der Waals surface area contributed by atoms with Gasteiger partial charge in [0, 0.05) is 18.5 Å². The van der Waals surface area contributed by atoms with Crippen LogP contribution >= 0.6 is 0 Å². The summed E-state index contributed by atoms with van der Waals surface area (Å²) in [6.07, 6.45) is 2.33. The number of halogens is 1. The van der Waals surface area contributed by atoms with Crippen molar-refractivity contribution in [2.24, 2.45) is 0 Å². The van der Waals surface area contributed by atoms with E-state index in [0.29, 0.717) is 6.07 Å². The normalized spacial score (nSPS) is 11.1. The van der Waals surface area contributed by atoms with E-state index in [9.17, 15) is 22.9 Å². The molecule has 0 aliphatic rings. The average Bonchev–Trinajstić information content (AvgIpc) is 2.37. The van der Waals surface area contributed by atoms with Crippen LogP contribution in [0.25, 0.3) is 0 Å². The number of rotatable bonds is 4. The second kappa shape index (κ2) is 5.32. The van der Waals surface area contributed by atoms with Crippen LogP contribution < -0.4 is 10.5 Å². The summed E-state index contributed by atoms with van der Waals surface area (Å²) in [6.45, 7) is 0. The SMILES string of the molecule is Nc1ccncc1S(=O)(=O)Nc1cc(F)cc([N+](=O)[O-])c1. The zero-order valence-electron chi connectivity index (χ0n) is 10.4. The van der Waals surface area contributed by atoms with Gasteiger partial charge in [-0.05, 0) is 12.1 Å². The van der Waals surface area contributed by atoms with Crippen LogP contribution in [-0.2, 0) is 10.0 Å². The van der Waals surface area contributed by atoms with Gasteiger partial charge in [0.2, 0.25) is 0 Å². The molecule has 2 aromatic rings. The molecule has 21 heavy (non-hydrogen) atoms. The third-order valence-electron chi connectivity index (χ3n) is 2.45. The van der Waals surface area contributed by atoms with E-state index in [-0.39, 0.29) is 16.3 Å². The summed E-state index contributed by atoms with van der Waals surface area (Å²) in [5, 5.41) is 10.6. The van der Waals surface area contributed by atoms with Gasteiger partial charge >= 0.3 is 0 Å². The van der Waals surface area contributed by atoms with Crippen molar-refractivity contribution in [3.05, 3.63) is 52.6 Å². The summed E-state index contributed by atoms with van der Waals surface area (Å²) < 4.78 is 39.5. The molecule has 0 unspecified atom stereocenters. The maximum absolute atomic E-state index is 13.3. The molecule has 0 spiro atoms. The van der Waals surface area contributed by atoms with Crippen LogP contribution in [0.5, 0.6) is 0 Å². The molecule has 3 N–H and O–H groups in total. The van der Waals surface area contributed by atoms with Crippen LogP contribution in [0.1, 0.15) is 0 Å². The number of non-ortho nitro benzene ring substituents is 1. The van der Waals surface area contributed by atoms with Gasteiger partial charge < -0.3 is 5.73 Å². The Labute approximate surface area is 118 Å². The highest BCUT2D eigenvalue weighted by Gasteiger charge is 2.19. The number of hydrogen-bond donors (Lipinski definition) is 2. The maximum atomic E-state index is 13.3. The third kappa shape index (κ3) is 3.23. The molecule has 0 amide bonds. The fraction of sp³-hybridized carbons (Fsp3) is 0. The fourth-order valence-electron chi connectivity index (χ4n) is 1.56. The van der Waals surface area contributed by atoms with Crippen molar-refractivity contribution >= 4 is 27.1 Å². The minimum atomic E-state index is -4.13. The van der Waals surface area contributed by atoms with Crippen LogP contribution in [-0.4, -0.2) is 18.3 Å². The summed E-state index contributed by atoms with van der Waals surface area (Å²) in [4.78, 5) is 13.1. The lowest BCUT2D eigenvalue weighted by Crippen LogP contribution is -2.15. The summed E-state index contributed by atoms with van der Waals surface area (Å²) in [6, 6.07) is 3.67. The first kappa shape index (κ1) is 14.7. The number of nitrogens with zero attached hydrogens (tertiary/aromatic N) is 2. The van der Waals surface area contributed by atoms with E-state index in [0.717, 1.165) is 18.3 Å². The quantitative estimate of drug-likeness (QED) is 0.650. The lowest BCUT2D eigenvalue weighted by atomic mass is 10.3. The van der Waals surface area contributed by atoms with Crippen molar-refractivity contribution in [3.63, 3.8) is 0 Å². The van der Waals surface area contributed by atoms with Crippen molar-refractivity contribution < 1.29 is 17.7 Å². The summed E-state index contributed by atoms with van der Waals surface area (Å²) in [7, 11) is -4.13. The molecule has 0 bridgehead atoms. The zero-order chi connectivity index (χ0) is 15.6. The number of nitro benzene ring substituents is 1. The molecule has 1 aromatic heterocycles. The highest BCUT2D eigenvalue weighted by atomic mass is 32.2. The minimum Gasteiger partial charge on any atom is -0.398 e. The Morgan fingerprint density at radius 3 is 2.67 bits per heavy atom. The van der Waals surface area contributed by atoms with E-state index in [1.807, 2.05) is 4.72 Å². The van der Waals surface area contributed by atoms with E-state index < -0.39 is 26.5 Å². The Morgan fingerprint density at radius 2 is 2.05 bits per heavy atom. The van der Waals surface area contributed by atoms with Gasteiger partial charge in [0.15, 0.2) is 0 Å². The second-order valence-corrected chi connectivity index (χ2v) is 5.63. The van der Waals surface area contributed by atoms with E-state index in [1.165, 1.54) is 12.3 Å². The van der Waals surface area contributed by atoms with Gasteiger partial charge in [0.1, 0.15) is 10.7 Å². The van der Waals surface area contributed by atoms with Gasteiger partial charge in [-0.3, -0.25) is 19.8 Å². The van der Waals surface area contributed by atoms with Crippen molar-refractivity contribution in [1.29, 1.82) is 0 Å². The van der Waals surface area contributed by atoms with Gasteiger partial charge in [0.25, 0.3) is 15.7 Å². The molecular formula is C11H9FN4O4S. The van der Waals surface area contributed by atoms with Gasteiger partial charge in [-0.1, -0.05) is 0 Å². The molecule has 2 rings (SSSR count). The van der Waals surface area contributed by atoms with Crippen LogP contribution in [0, 0.1) is 15.9 Å².